The third kappa shape index (κ3) is 4.24. The van der Waals surface area contributed by atoms with Crippen LogP contribution in [0.15, 0.2) is 11.1 Å². The maximum Gasteiger partial charge on any atom is 0.0588 e. The van der Waals surface area contributed by atoms with Crippen molar-refractivity contribution in [3.05, 3.63) is 11.1 Å². The lowest BCUT2D eigenvalue weighted by molar-refractivity contribution is 0.104. The quantitative estimate of drug-likeness (QED) is 0.735. The van der Waals surface area contributed by atoms with Gasteiger partial charge in [-0.3, -0.25) is 0 Å². The monoisotopic (exact) mass is 233 g/mol. The van der Waals surface area contributed by atoms with Crippen molar-refractivity contribution in [1.82, 2.24) is 5.32 Å². The van der Waals surface area contributed by atoms with E-state index in [0.717, 1.165) is 30.6 Å². The summed E-state index contributed by atoms with van der Waals surface area (Å²) >= 11 is 3.30. The van der Waals surface area contributed by atoms with Crippen LogP contribution >= 0.6 is 15.9 Å². The molecule has 0 aromatic rings. The van der Waals surface area contributed by atoms with E-state index in [9.17, 15) is 0 Å². The van der Waals surface area contributed by atoms with Crippen molar-refractivity contribution in [1.29, 1.82) is 0 Å². The zero-order valence-corrected chi connectivity index (χ0v) is 8.90. The largest absolute Gasteiger partial charge is 0.378 e. The Balaban J connectivity index is 1.91. The smallest absolute Gasteiger partial charge is 0.0588 e. The van der Waals surface area contributed by atoms with Crippen molar-refractivity contribution in [2.45, 2.75) is 25.4 Å². The van der Waals surface area contributed by atoms with Crippen molar-refractivity contribution in [2.75, 3.05) is 19.7 Å². The Morgan fingerprint density at radius 3 is 3.08 bits per heavy atom. The summed E-state index contributed by atoms with van der Waals surface area (Å²) in [6.07, 6.45) is 4.09. The summed E-state index contributed by atoms with van der Waals surface area (Å²) in [4.78, 5) is 0. The molecule has 1 saturated heterocycles. The first-order valence-corrected chi connectivity index (χ1v) is 5.24. The average molecular weight is 234 g/mol. The molecule has 3 heteroatoms. The molecule has 0 spiro atoms. The average Bonchev–Trinajstić information content (AvgIpc) is 2.49. The Kier molecular flexibility index (Phi) is 4.88. The lowest BCUT2D eigenvalue weighted by atomic mass is 10.2. The van der Waals surface area contributed by atoms with Crippen molar-refractivity contribution >= 4 is 15.9 Å². The van der Waals surface area contributed by atoms with E-state index in [1.165, 1.54) is 12.8 Å². The van der Waals surface area contributed by atoms with Gasteiger partial charge in [0.2, 0.25) is 0 Å². The van der Waals surface area contributed by atoms with Gasteiger partial charge in [-0.1, -0.05) is 22.5 Å². The van der Waals surface area contributed by atoms with Gasteiger partial charge >= 0.3 is 0 Å². The van der Waals surface area contributed by atoms with Gasteiger partial charge in [0, 0.05) is 17.6 Å². The molecular weight excluding hydrogens is 218 g/mol. The van der Waals surface area contributed by atoms with E-state index in [1.54, 1.807) is 0 Å². The van der Waals surface area contributed by atoms with Gasteiger partial charge in [0.05, 0.1) is 6.10 Å². The molecule has 1 fully saturated rings. The number of hydrogen-bond acceptors (Lipinski definition) is 2. The van der Waals surface area contributed by atoms with Crippen LogP contribution in [0.2, 0.25) is 0 Å². The van der Waals surface area contributed by atoms with Crippen molar-refractivity contribution in [3.8, 4) is 0 Å². The SMILES string of the molecule is C=C(Br)CNCCC1CCCO1. The lowest BCUT2D eigenvalue weighted by Crippen LogP contribution is -2.21. The molecular formula is C9H16BrNO. The van der Waals surface area contributed by atoms with E-state index >= 15 is 0 Å². The Labute approximate surface area is 82.5 Å². The number of nitrogens with one attached hydrogen (secondary N) is 1. The third-order valence-electron chi connectivity index (χ3n) is 1.98. The standard InChI is InChI=1S/C9H16BrNO/c1-8(10)7-11-5-4-9-3-2-6-12-9/h9,11H,1-7H2. The first kappa shape index (κ1) is 10.2. The van der Waals surface area contributed by atoms with Crippen LogP contribution in [0.1, 0.15) is 19.3 Å². The highest BCUT2D eigenvalue weighted by atomic mass is 79.9. The molecule has 0 radical (unpaired) electrons. The molecule has 0 aliphatic carbocycles. The van der Waals surface area contributed by atoms with Crippen LogP contribution in [-0.2, 0) is 4.74 Å². The fraction of sp³-hybridized carbons (Fsp3) is 0.778. The van der Waals surface area contributed by atoms with Gasteiger partial charge in [0.15, 0.2) is 0 Å². The maximum atomic E-state index is 5.49. The molecule has 1 aliphatic rings. The van der Waals surface area contributed by atoms with Crippen LogP contribution in [0.3, 0.4) is 0 Å². The van der Waals surface area contributed by atoms with Crippen molar-refractivity contribution in [3.63, 3.8) is 0 Å². The fourth-order valence-corrected chi connectivity index (χ4v) is 1.56. The van der Waals surface area contributed by atoms with E-state index in [-0.39, 0.29) is 0 Å². The molecule has 12 heavy (non-hydrogen) atoms. The lowest BCUT2D eigenvalue weighted by Gasteiger charge is -2.09. The van der Waals surface area contributed by atoms with Crippen molar-refractivity contribution < 1.29 is 4.74 Å². The van der Waals surface area contributed by atoms with E-state index < -0.39 is 0 Å². The van der Waals surface area contributed by atoms with Crippen molar-refractivity contribution in [2.24, 2.45) is 0 Å². The van der Waals surface area contributed by atoms with Crippen LogP contribution in [-0.4, -0.2) is 25.8 Å². The maximum absolute atomic E-state index is 5.49. The molecule has 0 saturated carbocycles. The predicted octanol–water partition coefficient (Wildman–Crippen LogP) is 2.05. The molecule has 0 bridgehead atoms. The molecule has 1 N–H and O–H groups in total. The summed E-state index contributed by atoms with van der Waals surface area (Å²) in [5.74, 6) is 0. The summed E-state index contributed by atoms with van der Waals surface area (Å²) in [5.41, 5.74) is 0. The van der Waals surface area contributed by atoms with Crippen LogP contribution in [0.5, 0.6) is 0 Å². The summed E-state index contributed by atoms with van der Waals surface area (Å²) in [7, 11) is 0. The molecule has 0 aromatic carbocycles. The second-order valence-electron chi connectivity index (χ2n) is 3.12. The van der Waals surface area contributed by atoms with E-state index in [0.29, 0.717) is 6.10 Å². The van der Waals surface area contributed by atoms with Crippen LogP contribution in [0, 0.1) is 0 Å². The Hall–Kier alpha value is 0.140. The zero-order chi connectivity index (χ0) is 8.81. The van der Waals surface area contributed by atoms with Gasteiger partial charge in [-0.15, -0.1) is 0 Å². The van der Waals surface area contributed by atoms with E-state index in [1.807, 2.05) is 0 Å². The van der Waals surface area contributed by atoms with Gasteiger partial charge in [0.1, 0.15) is 0 Å². The van der Waals surface area contributed by atoms with E-state index in [4.69, 9.17) is 4.74 Å². The molecule has 1 aliphatic heterocycles. The summed E-state index contributed by atoms with van der Waals surface area (Å²) in [6.45, 7) is 6.58. The second kappa shape index (κ2) is 5.73. The fourth-order valence-electron chi connectivity index (χ4n) is 1.36. The number of halogens is 1. The molecule has 0 amide bonds. The first-order chi connectivity index (χ1) is 5.79. The first-order valence-electron chi connectivity index (χ1n) is 4.44. The highest BCUT2D eigenvalue weighted by Crippen LogP contribution is 2.14. The third-order valence-corrected chi connectivity index (χ3v) is 2.26. The molecule has 2 nitrogen and oxygen atoms in total. The predicted molar refractivity (Wildman–Crippen MR) is 54.5 cm³/mol. The minimum Gasteiger partial charge on any atom is -0.378 e. The molecule has 1 atom stereocenters. The Bertz CT molecular complexity index is 143. The zero-order valence-electron chi connectivity index (χ0n) is 7.31. The summed E-state index contributed by atoms with van der Waals surface area (Å²) in [5, 5.41) is 3.29. The Morgan fingerprint density at radius 1 is 1.67 bits per heavy atom. The Morgan fingerprint density at radius 2 is 2.50 bits per heavy atom. The normalized spacial score (nSPS) is 22.9. The molecule has 1 unspecified atom stereocenters. The molecule has 70 valence electrons. The van der Waals surface area contributed by atoms with Gasteiger partial charge < -0.3 is 10.1 Å². The van der Waals surface area contributed by atoms with Crippen LogP contribution < -0.4 is 5.32 Å². The molecule has 0 aromatic heterocycles. The van der Waals surface area contributed by atoms with E-state index in [2.05, 4.69) is 27.8 Å². The van der Waals surface area contributed by atoms with Crippen LogP contribution in [0.25, 0.3) is 0 Å². The van der Waals surface area contributed by atoms with Gasteiger partial charge in [-0.25, -0.2) is 0 Å². The van der Waals surface area contributed by atoms with Gasteiger partial charge in [-0.2, -0.15) is 0 Å². The molecule has 1 heterocycles. The molecule has 1 rings (SSSR count). The van der Waals surface area contributed by atoms with Crippen LogP contribution in [0.4, 0.5) is 0 Å². The summed E-state index contributed by atoms with van der Waals surface area (Å²) < 4.78 is 6.49. The summed E-state index contributed by atoms with van der Waals surface area (Å²) in [6, 6.07) is 0. The number of rotatable bonds is 5. The second-order valence-corrected chi connectivity index (χ2v) is 4.24. The number of hydrogen-bond donors (Lipinski definition) is 1. The number of ether oxygens (including phenoxy) is 1. The highest BCUT2D eigenvalue weighted by molar-refractivity contribution is 9.11. The highest BCUT2D eigenvalue weighted by Gasteiger charge is 2.13. The minimum atomic E-state index is 0.501. The topological polar surface area (TPSA) is 21.3 Å². The van der Waals surface area contributed by atoms with Gasteiger partial charge in [0.25, 0.3) is 0 Å². The minimum absolute atomic E-state index is 0.501. The van der Waals surface area contributed by atoms with Gasteiger partial charge in [-0.05, 0) is 25.8 Å².